The lowest BCUT2D eigenvalue weighted by Gasteiger charge is -2.13. The molecule has 6 heteroatoms. The molecule has 1 atom stereocenters. The van der Waals surface area contributed by atoms with Gasteiger partial charge in [-0.1, -0.05) is 18.2 Å². The largest absolute Gasteiger partial charge is 0.389 e. The van der Waals surface area contributed by atoms with Crippen molar-refractivity contribution in [2.24, 2.45) is 0 Å². The minimum Gasteiger partial charge on any atom is -0.389 e. The van der Waals surface area contributed by atoms with Gasteiger partial charge in [0.1, 0.15) is 4.90 Å². The van der Waals surface area contributed by atoms with Gasteiger partial charge in [-0.25, -0.2) is 8.42 Å². The van der Waals surface area contributed by atoms with E-state index in [0.29, 0.717) is 11.3 Å². The molecule has 0 saturated heterocycles. The smallest absolute Gasteiger partial charge is 0.263 e. The molecule has 0 fully saturated rings. The average Bonchev–Trinajstić information content (AvgIpc) is 2.83. The van der Waals surface area contributed by atoms with E-state index in [-0.39, 0.29) is 4.90 Å². The summed E-state index contributed by atoms with van der Waals surface area (Å²) >= 11 is 0. The van der Waals surface area contributed by atoms with Gasteiger partial charge < -0.3 is 10.1 Å². The number of hydrogen-bond acceptors (Lipinski definition) is 3. The van der Waals surface area contributed by atoms with E-state index < -0.39 is 16.1 Å². The van der Waals surface area contributed by atoms with Crippen LogP contribution in [0.5, 0.6) is 0 Å². The Bertz CT molecular complexity index is 619. The van der Waals surface area contributed by atoms with Crippen molar-refractivity contribution in [3.63, 3.8) is 0 Å². The fraction of sp³-hybridized carbons (Fsp3) is 0.167. The zero-order chi connectivity index (χ0) is 13.2. The van der Waals surface area contributed by atoms with Crippen LogP contribution in [0.2, 0.25) is 0 Å². The van der Waals surface area contributed by atoms with Gasteiger partial charge in [0.2, 0.25) is 0 Å². The van der Waals surface area contributed by atoms with E-state index in [0.717, 1.165) is 0 Å². The summed E-state index contributed by atoms with van der Waals surface area (Å²) in [5.74, 6) is 0. The zero-order valence-electron chi connectivity index (χ0n) is 9.79. The highest BCUT2D eigenvalue weighted by Crippen LogP contribution is 2.24. The highest BCUT2D eigenvalue weighted by atomic mass is 32.2. The van der Waals surface area contributed by atoms with Gasteiger partial charge >= 0.3 is 0 Å². The van der Waals surface area contributed by atoms with Crippen LogP contribution in [0.15, 0.2) is 47.6 Å². The van der Waals surface area contributed by atoms with Gasteiger partial charge in [0.25, 0.3) is 10.0 Å². The van der Waals surface area contributed by atoms with E-state index >= 15 is 0 Å². The molecule has 0 bridgehead atoms. The number of H-pyrrole nitrogens is 1. The standard InChI is InChI=1S/C12H14N2O3S/c1-9(15)11-4-2-3-5-12(11)14-18(16,17)10-6-7-13-8-10/h2-9,13-15H,1H3. The molecule has 3 N–H and O–H groups in total. The van der Waals surface area contributed by atoms with E-state index in [1.54, 1.807) is 31.2 Å². The Morgan fingerprint density at radius 3 is 2.61 bits per heavy atom. The second kappa shape index (κ2) is 4.83. The molecule has 1 unspecified atom stereocenters. The van der Waals surface area contributed by atoms with Gasteiger partial charge in [0, 0.05) is 18.0 Å². The lowest BCUT2D eigenvalue weighted by atomic mass is 10.1. The Morgan fingerprint density at radius 2 is 2.00 bits per heavy atom. The van der Waals surface area contributed by atoms with E-state index in [9.17, 15) is 13.5 Å². The number of benzene rings is 1. The number of nitrogens with one attached hydrogen (secondary N) is 2. The molecule has 1 heterocycles. The van der Waals surface area contributed by atoms with Crippen LogP contribution in [0.4, 0.5) is 5.69 Å². The van der Waals surface area contributed by atoms with Crippen LogP contribution in [0.1, 0.15) is 18.6 Å². The molecule has 18 heavy (non-hydrogen) atoms. The molecule has 0 amide bonds. The van der Waals surface area contributed by atoms with Crippen molar-refractivity contribution in [1.82, 2.24) is 4.98 Å². The number of hydrogen-bond donors (Lipinski definition) is 3. The maximum Gasteiger partial charge on any atom is 0.263 e. The summed E-state index contributed by atoms with van der Waals surface area (Å²) in [6.45, 7) is 1.59. The van der Waals surface area contributed by atoms with Crippen molar-refractivity contribution in [2.75, 3.05) is 4.72 Å². The Labute approximate surface area is 106 Å². The third-order valence-corrected chi connectivity index (χ3v) is 3.90. The number of aromatic nitrogens is 1. The third-order valence-electron chi connectivity index (χ3n) is 2.53. The number of aliphatic hydroxyl groups is 1. The Balaban J connectivity index is 2.36. The first-order valence-corrected chi connectivity index (χ1v) is 6.91. The minimum atomic E-state index is -3.62. The SMILES string of the molecule is CC(O)c1ccccc1NS(=O)(=O)c1cc[nH]c1. The summed E-state index contributed by atoms with van der Waals surface area (Å²) in [6, 6.07) is 8.22. The fourth-order valence-corrected chi connectivity index (χ4v) is 2.70. The summed E-state index contributed by atoms with van der Waals surface area (Å²) in [5, 5.41) is 9.59. The van der Waals surface area contributed by atoms with Crippen LogP contribution in [-0.2, 0) is 10.0 Å². The van der Waals surface area contributed by atoms with Crippen molar-refractivity contribution < 1.29 is 13.5 Å². The van der Waals surface area contributed by atoms with E-state index in [4.69, 9.17) is 0 Å². The summed E-state index contributed by atoms with van der Waals surface area (Å²) in [5.41, 5.74) is 0.922. The highest BCUT2D eigenvalue weighted by Gasteiger charge is 2.17. The third kappa shape index (κ3) is 2.55. The van der Waals surface area contributed by atoms with Crippen LogP contribution >= 0.6 is 0 Å². The molecule has 1 aromatic carbocycles. The molecule has 2 rings (SSSR count). The minimum absolute atomic E-state index is 0.155. The van der Waals surface area contributed by atoms with Crippen LogP contribution in [0.3, 0.4) is 0 Å². The summed E-state index contributed by atoms with van der Waals surface area (Å²) in [4.78, 5) is 2.85. The first-order valence-electron chi connectivity index (χ1n) is 5.43. The molecule has 0 spiro atoms. The predicted octanol–water partition coefficient (Wildman–Crippen LogP) is 1.87. The van der Waals surface area contributed by atoms with Gasteiger partial charge in [-0.05, 0) is 19.1 Å². The molecule has 0 aliphatic heterocycles. The number of anilines is 1. The number of sulfonamides is 1. The van der Waals surface area contributed by atoms with Gasteiger partial charge in [-0.2, -0.15) is 0 Å². The Morgan fingerprint density at radius 1 is 1.28 bits per heavy atom. The number of rotatable bonds is 4. The average molecular weight is 266 g/mol. The summed E-state index contributed by atoms with van der Waals surface area (Å²) < 4.78 is 26.5. The Hall–Kier alpha value is -1.79. The van der Waals surface area contributed by atoms with E-state index in [1.807, 2.05) is 0 Å². The van der Waals surface area contributed by atoms with Crippen LogP contribution in [0, 0.1) is 0 Å². The van der Waals surface area contributed by atoms with Gasteiger partial charge in [-0.3, -0.25) is 4.72 Å². The van der Waals surface area contributed by atoms with Crippen molar-refractivity contribution in [3.8, 4) is 0 Å². The zero-order valence-corrected chi connectivity index (χ0v) is 10.6. The molecular formula is C12H14N2O3S. The first-order chi connectivity index (χ1) is 8.50. The number of aliphatic hydroxyl groups excluding tert-OH is 1. The monoisotopic (exact) mass is 266 g/mol. The normalized spacial score (nSPS) is 13.2. The number of para-hydroxylation sites is 1. The summed E-state index contributed by atoms with van der Waals surface area (Å²) in [7, 11) is -3.62. The van der Waals surface area contributed by atoms with Gasteiger partial charge in [0.05, 0.1) is 11.8 Å². The van der Waals surface area contributed by atoms with Gasteiger partial charge in [-0.15, -0.1) is 0 Å². The maximum atomic E-state index is 12.0. The highest BCUT2D eigenvalue weighted by molar-refractivity contribution is 7.92. The lowest BCUT2D eigenvalue weighted by Crippen LogP contribution is -2.14. The Kier molecular flexibility index (Phi) is 3.40. The first kappa shape index (κ1) is 12.7. The fourth-order valence-electron chi connectivity index (χ4n) is 1.63. The van der Waals surface area contributed by atoms with Crippen LogP contribution in [-0.4, -0.2) is 18.5 Å². The van der Waals surface area contributed by atoms with Crippen molar-refractivity contribution >= 4 is 15.7 Å². The molecule has 0 aliphatic rings. The second-order valence-corrected chi connectivity index (χ2v) is 5.60. The molecule has 1 aromatic heterocycles. The van der Waals surface area contributed by atoms with E-state index in [1.165, 1.54) is 18.5 Å². The molecule has 0 aliphatic carbocycles. The molecule has 0 saturated carbocycles. The van der Waals surface area contributed by atoms with E-state index in [2.05, 4.69) is 9.71 Å². The van der Waals surface area contributed by atoms with Gasteiger partial charge in [0.15, 0.2) is 0 Å². The van der Waals surface area contributed by atoms with Crippen LogP contribution < -0.4 is 4.72 Å². The molecule has 5 nitrogen and oxygen atoms in total. The summed E-state index contributed by atoms with van der Waals surface area (Å²) in [6.07, 6.45) is 2.19. The van der Waals surface area contributed by atoms with Crippen molar-refractivity contribution in [2.45, 2.75) is 17.9 Å². The predicted molar refractivity (Wildman–Crippen MR) is 68.7 cm³/mol. The van der Waals surface area contributed by atoms with Crippen molar-refractivity contribution in [3.05, 3.63) is 48.3 Å². The molecular weight excluding hydrogens is 252 g/mol. The van der Waals surface area contributed by atoms with Crippen molar-refractivity contribution in [1.29, 1.82) is 0 Å². The molecule has 96 valence electrons. The topological polar surface area (TPSA) is 82.2 Å². The number of aromatic amines is 1. The lowest BCUT2D eigenvalue weighted by molar-refractivity contribution is 0.200. The molecule has 0 radical (unpaired) electrons. The molecule has 2 aromatic rings. The second-order valence-electron chi connectivity index (χ2n) is 3.92. The quantitative estimate of drug-likeness (QED) is 0.790. The maximum absolute atomic E-state index is 12.0. The van der Waals surface area contributed by atoms with Crippen LogP contribution in [0.25, 0.3) is 0 Å².